The van der Waals surface area contributed by atoms with Gasteiger partial charge in [0, 0.05) is 10.2 Å². The van der Waals surface area contributed by atoms with Crippen LogP contribution in [0.2, 0.25) is 0 Å². The van der Waals surface area contributed by atoms with Crippen LogP contribution in [0.3, 0.4) is 0 Å². The van der Waals surface area contributed by atoms with Gasteiger partial charge in [-0.2, -0.15) is 0 Å². The average Bonchev–Trinajstić information content (AvgIpc) is 2.58. The standard InChI is InChI=1S/C14H16INO3/c1-9(2)8-19-6-5-16-13(17)11-4-3-10(15)7-12(11)14(16)18/h3-4,7,9H,5-6,8H2,1-2H3. The predicted molar refractivity (Wildman–Crippen MR) is 80.2 cm³/mol. The second-order valence-electron chi connectivity index (χ2n) is 4.92. The SMILES string of the molecule is CC(C)COCCN1C(=O)c2ccc(I)cc2C1=O. The van der Waals surface area contributed by atoms with Crippen molar-refractivity contribution in [3.8, 4) is 0 Å². The number of imide groups is 1. The van der Waals surface area contributed by atoms with Crippen LogP contribution in [0, 0.1) is 9.49 Å². The summed E-state index contributed by atoms with van der Waals surface area (Å²) >= 11 is 2.13. The Labute approximate surface area is 126 Å². The zero-order valence-electron chi connectivity index (χ0n) is 11.0. The Morgan fingerprint density at radius 2 is 1.89 bits per heavy atom. The summed E-state index contributed by atoms with van der Waals surface area (Å²) in [5.74, 6) is 0.0139. The molecular weight excluding hydrogens is 357 g/mol. The second-order valence-corrected chi connectivity index (χ2v) is 6.17. The smallest absolute Gasteiger partial charge is 0.261 e. The van der Waals surface area contributed by atoms with E-state index in [0.717, 1.165) is 3.57 Å². The largest absolute Gasteiger partial charge is 0.379 e. The van der Waals surface area contributed by atoms with Gasteiger partial charge in [-0.25, -0.2) is 0 Å². The number of amides is 2. The molecule has 102 valence electrons. The fourth-order valence-electron chi connectivity index (χ4n) is 1.94. The highest BCUT2D eigenvalue weighted by Gasteiger charge is 2.35. The van der Waals surface area contributed by atoms with Crippen LogP contribution in [0.5, 0.6) is 0 Å². The molecule has 2 rings (SSSR count). The van der Waals surface area contributed by atoms with E-state index >= 15 is 0 Å². The summed E-state index contributed by atoms with van der Waals surface area (Å²) in [6.45, 7) is 5.46. The first-order chi connectivity index (χ1) is 9.00. The maximum Gasteiger partial charge on any atom is 0.261 e. The van der Waals surface area contributed by atoms with Gasteiger partial charge >= 0.3 is 0 Å². The van der Waals surface area contributed by atoms with Gasteiger partial charge in [0.2, 0.25) is 0 Å². The summed E-state index contributed by atoms with van der Waals surface area (Å²) in [7, 11) is 0. The van der Waals surface area contributed by atoms with E-state index < -0.39 is 0 Å². The summed E-state index contributed by atoms with van der Waals surface area (Å²) in [6.07, 6.45) is 0. The Kier molecular flexibility index (Phi) is 4.57. The van der Waals surface area contributed by atoms with Crippen molar-refractivity contribution in [3.05, 3.63) is 32.9 Å². The Morgan fingerprint density at radius 1 is 1.21 bits per heavy atom. The van der Waals surface area contributed by atoms with Crippen LogP contribution in [0.15, 0.2) is 18.2 Å². The summed E-state index contributed by atoms with van der Waals surface area (Å²) in [6, 6.07) is 5.31. The number of hydrogen-bond donors (Lipinski definition) is 0. The number of carbonyl (C=O) groups is 2. The highest BCUT2D eigenvalue weighted by molar-refractivity contribution is 14.1. The normalized spacial score (nSPS) is 14.4. The zero-order valence-corrected chi connectivity index (χ0v) is 13.1. The van der Waals surface area contributed by atoms with Crippen molar-refractivity contribution >= 4 is 34.4 Å². The van der Waals surface area contributed by atoms with Crippen molar-refractivity contribution in [1.82, 2.24) is 4.90 Å². The van der Waals surface area contributed by atoms with Gasteiger partial charge < -0.3 is 4.74 Å². The van der Waals surface area contributed by atoms with Crippen LogP contribution in [-0.4, -0.2) is 36.5 Å². The molecule has 0 atom stereocenters. The summed E-state index contributed by atoms with van der Waals surface area (Å²) in [4.78, 5) is 25.5. The highest BCUT2D eigenvalue weighted by Crippen LogP contribution is 2.24. The molecule has 4 nitrogen and oxygen atoms in total. The molecule has 0 saturated carbocycles. The minimum absolute atomic E-state index is 0.216. The Balaban J connectivity index is 2.02. The van der Waals surface area contributed by atoms with Gasteiger partial charge in [-0.3, -0.25) is 14.5 Å². The number of benzene rings is 1. The molecule has 0 fully saturated rings. The molecule has 1 aromatic carbocycles. The number of fused-ring (bicyclic) bond motifs is 1. The molecule has 1 aliphatic heterocycles. The molecule has 0 spiro atoms. The lowest BCUT2D eigenvalue weighted by molar-refractivity contribution is 0.0535. The molecule has 1 heterocycles. The van der Waals surface area contributed by atoms with Crippen LogP contribution >= 0.6 is 22.6 Å². The number of rotatable bonds is 5. The van der Waals surface area contributed by atoms with E-state index in [2.05, 4.69) is 36.4 Å². The lowest BCUT2D eigenvalue weighted by Crippen LogP contribution is -2.33. The maximum atomic E-state index is 12.1. The van der Waals surface area contributed by atoms with Gasteiger partial charge in [0.05, 0.1) is 24.3 Å². The van der Waals surface area contributed by atoms with Gasteiger partial charge in [-0.05, 0) is 46.7 Å². The lowest BCUT2D eigenvalue weighted by Gasteiger charge is -2.14. The molecule has 1 aliphatic rings. The molecule has 0 aromatic heterocycles. The van der Waals surface area contributed by atoms with E-state index in [-0.39, 0.29) is 11.8 Å². The van der Waals surface area contributed by atoms with Crippen LogP contribution in [0.25, 0.3) is 0 Å². The number of hydrogen-bond acceptors (Lipinski definition) is 3. The number of nitrogens with zero attached hydrogens (tertiary/aromatic N) is 1. The van der Waals surface area contributed by atoms with E-state index in [0.29, 0.717) is 36.8 Å². The fraction of sp³-hybridized carbons (Fsp3) is 0.429. The average molecular weight is 373 g/mol. The lowest BCUT2D eigenvalue weighted by atomic mass is 10.1. The first kappa shape index (κ1) is 14.5. The molecular formula is C14H16INO3. The van der Waals surface area contributed by atoms with E-state index in [4.69, 9.17) is 4.74 Å². The van der Waals surface area contributed by atoms with E-state index in [1.54, 1.807) is 12.1 Å². The molecule has 0 bridgehead atoms. The highest BCUT2D eigenvalue weighted by atomic mass is 127. The van der Waals surface area contributed by atoms with Gasteiger partial charge in [-0.1, -0.05) is 13.8 Å². The summed E-state index contributed by atoms with van der Waals surface area (Å²) < 4.78 is 6.38. The van der Waals surface area contributed by atoms with Crippen LogP contribution in [0.4, 0.5) is 0 Å². The van der Waals surface area contributed by atoms with Crippen molar-refractivity contribution in [2.24, 2.45) is 5.92 Å². The van der Waals surface area contributed by atoms with Gasteiger partial charge in [0.15, 0.2) is 0 Å². The third kappa shape index (κ3) is 3.14. The second kappa shape index (κ2) is 6.00. The topological polar surface area (TPSA) is 46.6 Å². The molecule has 1 aromatic rings. The first-order valence-electron chi connectivity index (χ1n) is 6.24. The molecule has 5 heteroatoms. The molecule has 0 radical (unpaired) electrons. The number of halogens is 1. The van der Waals surface area contributed by atoms with Crippen molar-refractivity contribution in [2.75, 3.05) is 19.8 Å². The van der Waals surface area contributed by atoms with Gasteiger partial charge in [-0.15, -0.1) is 0 Å². The van der Waals surface area contributed by atoms with Crippen molar-refractivity contribution in [2.45, 2.75) is 13.8 Å². The van der Waals surface area contributed by atoms with Gasteiger partial charge in [0.25, 0.3) is 11.8 Å². The first-order valence-corrected chi connectivity index (χ1v) is 7.32. The summed E-state index contributed by atoms with van der Waals surface area (Å²) in [5, 5.41) is 0. The Morgan fingerprint density at radius 3 is 2.58 bits per heavy atom. The molecule has 0 aliphatic carbocycles. The number of carbonyl (C=O) groups excluding carboxylic acids is 2. The van der Waals surface area contributed by atoms with Gasteiger partial charge in [0.1, 0.15) is 0 Å². The molecule has 2 amide bonds. The predicted octanol–water partition coefficient (Wildman–Crippen LogP) is 2.56. The zero-order chi connectivity index (χ0) is 14.0. The minimum atomic E-state index is -0.218. The Bertz CT molecular complexity index is 513. The van der Waals surface area contributed by atoms with Crippen molar-refractivity contribution in [1.29, 1.82) is 0 Å². The van der Waals surface area contributed by atoms with Crippen molar-refractivity contribution in [3.63, 3.8) is 0 Å². The number of ether oxygens (including phenoxy) is 1. The van der Waals surface area contributed by atoms with Crippen LogP contribution < -0.4 is 0 Å². The van der Waals surface area contributed by atoms with E-state index in [1.807, 2.05) is 6.07 Å². The third-order valence-electron chi connectivity index (χ3n) is 2.84. The Hall–Kier alpha value is -0.950. The van der Waals surface area contributed by atoms with Crippen LogP contribution in [-0.2, 0) is 4.74 Å². The van der Waals surface area contributed by atoms with Crippen molar-refractivity contribution < 1.29 is 14.3 Å². The molecule has 0 saturated heterocycles. The molecule has 19 heavy (non-hydrogen) atoms. The monoisotopic (exact) mass is 373 g/mol. The summed E-state index contributed by atoms with van der Waals surface area (Å²) in [5.41, 5.74) is 0.995. The van der Waals surface area contributed by atoms with Crippen LogP contribution in [0.1, 0.15) is 34.6 Å². The minimum Gasteiger partial charge on any atom is -0.379 e. The fourth-order valence-corrected chi connectivity index (χ4v) is 2.43. The van der Waals surface area contributed by atoms with E-state index in [1.165, 1.54) is 4.90 Å². The van der Waals surface area contributed by atoms with E-state index in [9.17, 15) is 9.59 Å². The quantitative estimate of drug-likeness (QED) is 0.453. The maximum absolute atomic E-state index is 12.1. The molecule has 0 N–H and O–H groups in total. The third-order valence-corrected chi connectivity index (χ3v) is 3.51. The molecule has 0 unspecified atom stereocenters.